The van der Waals surface area contributed by atoms with Crippen LogP contribution in [0.4, 0.5) is 10.6 Å². The zero-order valence-corrected chi connectivity index (χ0v) is 20.4. The number of benzene rings is 1. The van der Waals surface area contributed by atoms with E-state index < -0.39 is 0 Å². The number of carbonyl (C=O) groups excluding carboxylic acids is 1. The molecule has 0 bridgehead atoms. The summed E-state index contributed by atoms with van der Waals surface area (Å²) in [6.07, 6.45) is 0.629. The molecule has 2 aromatic rings. The van der Waals surface area contributed by atoms with Crippen molar-refractivity contribution in [3.05, 3.63) is 50.9 Å². The van der Waals surface area contributed by atoms with Crippen LogP contribution >= 0.6 is 23.2 Å². The fourth-order valence-electron chi connectivity index (χ4n) is 3.64. The molecule has 0 radical (unpaired) electrons. The van der Waals surface area contributed by atoms with Crippen molar-refractivity contribution in [2.24, 2.45) is 0 Å². The molecule has 0 aliphatic carbocycles. The molecule has 0 unspecified atom stereocenters. The quantitative estimate of drug-likeness (QED) is 0.673. The first-order valence-electron chi connectivity index (χ1n) is 10.8. The number of nitrogens with one attached hydrogen (secondary N) is 1. The van der Waals surface area contributed by atoms with E-state index in [-0.39, 0.29) is 18.0 Å². The SMILES string of the molecule is Cc1nc(C(C)C)nc(N2CCN(C(=O)NC(C)C)CC2)c1Cc1ccc(Cl)cc1Cl. The summed E-state index contributed by atoms with van der Waals surface area (Å²) in [7, 11) is 0. The first-order valence-corrected chi connectivity index (χ1v) is 11.5. The summed E-state index contributed by atoms with van der Waals surface area (Å²) in [6, 6.07) is 5.69. The molecule has 1 N–H and O–H groups in total. The van der Waals surface area contributed by atoms with Gasteiger partial charge in [-0.3, -0.25) is 0 Å². The van der Waals surface area contributed by atoms with Gasteiger partial charge in [-0.25, -0.2) is 14.8 Å². The van der Waals surface area contributed by atoms with Crippen LogP contribution in [0.5, 0.6) is 0 Å². The molecule has 1 saturated heterocycles. The molecule has 8 heteroatoms. The summed E-state index contributed by atoms with van der Waals surface area (Å²) in [4.78, 5) is 26.2. The van der Waals surface area contributed by atoms with Crippen LogP contribution in [0.1, 0.15) is 56.3 Å². The first kappa shape index (κ1) is 23.6. The molecule has 0 saturated carbocycles. The Morgan fingerprint density at radius 3 is 2.35 bits per heavy atom. The summed E-state index contributed by atoms with van der Waals surface area (Å²) < 4.78 is 0. The van der Waals surface area contributed by atoms with E-state index in [1.807, 2.05) is 37.8 Å². The molecule has 6 nitrogen and oxygen atoms in total. The zero-order valence-electron chi connectivity index (χ0n) is 18.9. The Hall–Kier alpha value is -2.05. The lowest BCUT2D eigenvalue weighted by molar-refractivity contribution is 0.191. The van der Waals surface area contributed by atoms with E-state index in [0.29, 0.717) is 29.6 Å². The van der Waals surface area contributed by atoms with Crippen molar-refractivity contribution in [2.75, 3.05) is 31.1 Å². The Morgan fingerprint density at radius 2 is 1.77 bits per heavy atom. The lowest BCUT2D eigenvalue weighted by Gasteiger charge is -2.37. The second-order valence-corrected chi connectivity index (χ2v) is 9.46. The second-order valence-electron chi connectivity index (χ2n) is 8.61. The van der Waals surface area contributed by atoms with Crippen molar-refractivity contribution in [3.63, 3.8) is 0 Å². The van der Waals surface area contributed by atoms with Gasteiger partial charge >= 0.3 is 6.03 Å². The summed E-state index contributed by atoms with van der Waals surface area (Å²) in [6.45, 7) is 12.9. The molecule has 1 aliphatic rings. The summed E-state index contributed by atoms with van der Waals surface area (Å²) in [5.41, 5.74) is 3.01. The van der Waals surface area contributed by atoms with Crippen LogP contribution in [0.25, 0.3) is 0 Å². The number of hydrogen-bond donors (Lipinski definition) is 1. The molecule has 2 heterocycles. The van der Waals surface area contributed by atoms with E-state index in [0.717, 1.165) is 41.6 Å². The molecule has 0 spiro atoms. The Kier molecular flexibility index (Phi) is 7.65. The van der Waals surface area contributed by atoms with Crippen molar-refractivity contribution < 1.29 is 4.79 Å². The van der Waals surface area contributed by atoms with Crippen LogP contribution < -0.4 is 10.2 Å². The third kappa shape index (κ3) is 5.80. The van der Waals surface area contributed by atoms with Crippen molar-refractivity contribution in [2.45, 2.75) is 53.0 Å². The number of halogens is 2. The van der Waals surface area contributed by atoms with Gasteiger partial charge in [0.15, 0.2) is 0 Å². The first-order chi connectivity index (χ1) is 14.7. The number of urea groups is 1. The van der Waals surface area contributed by atoms with Crippen molar-refractivity contribution in [1.29, 1.82) is 0 Å². The Balaban J connectivity index is 1.88. The minimum absolute atomic E-state index is 0.00967. The largest absolute Gasteiger partial charge is 0.353 e. The van der Waals surface area contributed by atoms with Gasteiger partial charge in [0, 0.05) is 65.9 Å². The van der Waals surface area contributed by atoms with E-state index in [1.165, 1.54) is 0 Å². The van der Waals surface area contributed by atoms with Crippen LogP contribution in [0.15, 0.2) is 18.2 Å². The van der Waals surface area contributed by atoms with Crippen LogP contribution in [-0.2, 0) is 6.42 Å². The third-order valence-corrected chi connectivity index (χ3v) is 5.97. The molecule has 1 aliphatic heterocycles. The van der Waals surface area contributed by atoms with Gasteiger partial charge in [0.05, 0.1) is 0 Å². The molecule has 1 fully saturated rings. The number of rotatable bonds is 5. The van der Waals surface area contributed by atoms with Gasteiger partial charge in [0.1, 0.15) is 11.6 Å². The Bertz CT molecular complexity index is 940. The minimum Gasteiger partial charge on any atom is -0.353 e. The average Bonchev–Trinajstić information content (AvgIpc) is 2.70. The fraction of sp³-hybridized carbons (Fsp3) is 0.522. The van der Waals surface area contributed by atoms with Crippen molar-refractivity contribution in [1.82, 2.24) is 20.2 Å². The van der Waals surface area contributed by atoms with Gasteiger partial charge in [0.25, 0.3) is 0 Å². The van der Waals surface area contributed by atoms with Gasteiger partial charge in [-0.15, -0.1) is 0 Å². The monoisotopic (exact) mass is 463 g/mol. The zero-order chi connectivity index (χ0) is 22.7. The smallest absolute Gasteiger partial charge is 0.317 e. The highest BCUT2D eigenvalue weighted by Gasteiger charge is 2.26. The molecule has 168 valence electrons. The maximum absolute atomic E-state index is 12.4. The van der Waals surface area contributed by atoms with Gasteiger partial charge in [-0.2, -0.15) is 0 Å². The molecule has 1 aromatic carbocycles. The van der Waals surface area contributed by atoms with Gasteiger partial charge in [0.2, 0.25) is 0 Å². The summed E-state index contributed by atoms with van der Waals surface area (Å²) in [5.74, 6) is 1.99. The number of amides is 2. The Labute approximate surface area is 195 Å². The number of nitrogens with zero attached hydrogens (tertiary/aromatic N) is 4. The number of aromatic nitrogens is 2. The molecular formula is C23H31Cl2N5O. The molecular weight excluding hydrogens is 433 g/mol. The van der Waals surface area contributed by atoms with E-state index in [4.69, 9.17) is 33.2 Å². The Morgan fingerprint density at radius 1 is 1.10 bits per heavy atom. The molecule has 31 heavy (non-hydrogen) atoms. The predicted octanol–water partition coefficient (Wildman–Crippen LogP) is 5.05. The van der Waals surface area contributed by atoms with Gasteiger partial charge < -0.3 is 15.1 Å². The van der Waals surface area contributed by atoms with Gasteiger partial charge in [-0.1, -0.05) is 43.1 Å². The number of carbonyl (C=O) groups is 1. The van der Waals surface area contributed by atoms with Crippen LogP contribution in [0.2, 0.25) is 10.0 Å². The van der Waals surface area contributed by atoms with E-state index >= 15 is 0 Å². The topological polar surface area (TPSA) is 61.4 Å². The van der Waals surface area contributed by atoms with Crippen LogP contribution in [0, 0.1) is 6.92 Å². The maximum atomic E-state index is 12.4. The lowest BCUT2D eigenvalue weighted by Crippen LogP contribution is -2.53. The number of aryl methyl sites for hydroxylation is 1. The third-order valence-electron chi connectivity index (χ3n) is 5.39. The van der Waals surface area contributed by atoms with Gasteiger partial charge in [-0.05, 0) is 38.5 Å². The fourth-order valence-corrected chi connectivity index (χ4v) is 4.12. The maximum Gasteiger partial charge on any atom is 0.317 e. The number of hydrogen-bond acceptors (Lipinski definition) is 4. The summed E-state index contributed by atoms with van der Waals surface area (Å²) >= 11 is 12.5. The van der Waals surface area contributed by atoms with Crippen LogP contribution in [-0.4, -0.2) is 53.1 Å². The molecule has 0 atom stereocenters. The van der Waals surface area contributed by atoms with E-state index in [9.17, 15) is 4.79 Å². The summed E-state index contributed by atoms with van der Waals surface area (Å²) in [5, 5.41) is 4.23. The second kappa shape index (κ2) is 10.0. The normalized spacial score (nSPS) is 14.5. The van der Waals surface area contributed by atoms with Crippen LogP contribution in [0.3, 0.4) is 0 Å². The number of anilines is 1. The predicted molar refractivity (Wildman–Crippen MR) is 128 cm³/mol. The highest BCUT2D eigenvalue weighted by molar-refractivity contribution is 6.35. The van der Waals surface area contributed by atoms with E-state index in [1.54, 1.807) is 6.07 Å². The average molecular weight is 464 g/mol. The van der Waals surface area contributed by atoms with Crippen molar-refractivity contribution >= 4 is 35.1 Å². The van der Waals surface area contributed by atoms with Crippen molar-refractivity contribution in [3.8, 4) is 0 Å². The highest BCUT2D eigenvalue weighted by Crippen LogP contribution is 2.30. The number of piperazine rings is 1. The lowest BCUT2D eigenvalue weighted by atomic mass is 10.0. The minimum atomic E-state index is -0.00967. The van der Waals surface area contributed by atoms with E-state index in [2.05, 4.69) is 24.1 Å². The molecule has 2 amide bonds. The highest BCUT2D eigenvalue weighted by atomic mass is 35.5. The standard InChI is InChI=1S/C23H31Cl2N5O/c1-14(2)21-27-16(5)19(12-17-6-7-18(24)13-20(17)25)22(28-21)29-8-10-30(11-9-29)23(31)26-15(3)4/h6-7,13-15H,8-12H2,1-5H3,(H,26,31). The molecule has 3 rings (SSSR count). The molecule has 1 aromatic heterocycles.